The number of nitrogens with zero attached hydrogens (tertiary/aromatic N) is 1. The van der Waals surface area contributed by atoms with E-state index in [2.05, 4.69) is 9.88 Å². The number of sulfonamides is 1. The lowest BCUT2D eigenvalue weighted by Crippen LogP contribution is -2.38. The molecule has 0 saturated heterocycles. The molecular formula is C16H26N2O3S. The van der Waals surface area contributed by atoms with Gasteiger partial charge in [0.25, 0.3) is 0 Å². The molecule has 0 spiro atoms. The first-order valence-electron chi connectivity index (χ1n) is 8.26. The predicted octanol–water partition coefficient (Wildman–Crippen LogP) is 2.58. The maximum atomic E-state index is 12.4. The second-order valence-corrected chi connectivity index (χ2v) is 9.04. The Morgan fingerprint density at radius 1 is 1.32 bits per heavy atom. The van der Waals surface area contributed by atoms with Crippen LogP contribution in [0.2, 0.25) is 0 Å². The van der Waals surface area contributed by atoms with Gasteiger partial charge >= 0.3 is 0 Å². The van der Waals surface area contributed by atoms with Crippen molar-refractivity contribution in [3.8, 4) is 0 Å². The van der Waals surface area contributed by atoms with Crippen molar-refractivity contribution in [2.24, 2.45) is 17.8 Å². The first-order chi connectivity index (χ1) is 10.3. The zero-order valence-electron chi connectivity index (χ0n) is 13.6. The van der Waals surface area contributed by atoms with E-state index >= 15 is 0 Å². The minimum atomic E-state index is -3.22. The molecular weight excluding hydrogens is 300 g/mol. The van der Waals surface area contributed by atoms with Crippen LogP contribution < -0.4 is 4.72 Å². The maximum absolute atomic E-state index is 12.4. The van der Waals surface area contributed by atoms with Crippen molar-refractivity contribution in [1.29, 1.82) is 0 Å². The highest BCUT2D eigenvalue weighted by Gasteiger charge is 2.41. The molecule has 22 heavy (non-hydrogen) atoms. The quantitative estimate of drug-likeness (QED) is 0.872. The monoisotopic (exact) mass is 326 g/mol. The molecule has 124 valence electrons. The second kappa shape index (κ2) is 5.96. The van der Waals surface area contributed by atoms with Crippen LogP contribution in [0.4, 0.5) is 0 Å². The SMILES string of the molecule is Cc1noc(C)c1C[C@H](C)NS(=O)(=O)C[C@H]1C[C@H]2CC[C@H]1C2. The first-order valence-corrected chi connectivity index (χ1v) is 9.91. The largest absolute Gasteiger partial charge is 0.361 e. The van der Waals surface area contributed by atoms with E-state index < -0.39 is 10.0 Å². The van der Waals surface area contributed by atoms with Crippen molar-refractivity contribution >= 4 is 10.0 Å². The first kappa shape index (κ1) is 16.0. The minimum Gasteiger partial charge on any atom is -0.361 e. The topological polar surface area (TPSA) is 72.2 Å². The fourth-order valence-electron chi connectivity index (χ4n) is 4.36. The summed E-state index contributed by atoms with van der Waals surface area (Å²) >= 11 is 0. The number of nitrogens with one attached hydrogen (secondary N) is 1. The lowest BCUT2D eigenvalue weighted by molar-refractivity contribution is 0.359. The van der Waals surface area contributed by atoms with Gasteiger partial charge in [-0.3, -0.25) is 0 Å². The summed E-state index contributed by atoms with van der Waals surface area (Å²) in [5.41, 5.74) is 1.85. The van der Waals surface area contributed by atoms with Crippen LogP contribution in [0, 0.1) is 31.6 Å². The normalized spacial score (nSPS) is 29.1. The summed E-state index contributed by atoms with van der Waals surface area (Å²) in [6, 6.07) is -0.139. The maximum Gasteiger partial charge on any atom is 0.212 e. The van der Waals surface area contributed by atoms with E-state index in [0.717, 1.165) is 29.4 Å². The summed E-state index contributed by atoms with van der Waals surface area (Å²) in [6.07, 6.45) is 5.49. The van der Waals surface area contributed by atoms with Crippen LogP contribution in [0.15, 0.2) is 4.52 Å². The number of rotatable bonds is 6. The van der Waals surface area contributed by atoms with Gasteiger partial charge in [0.15, 0.2) is 0 Å². The third-order valence-electron chi connectivity index (χ3n) is 5.39. The molecule has 6 heteroatoms. The third kappa shape index (κ3) is 3.38. The van der Waals surface area contributed by atoms with Gasteiger partial charge in [-0.15, -0.1) is 0 Å². The highest BCUT2D eigenvalue weighted by molar-refractivity contribution is 7.89. The van der Waals surface area contributed by atoms with Crippen molar-refractivity contribution in [1.82, 2.24) is 9.88 Å². The zero-order valence-corrected chi connectivity index (χ0v) is 14.4. The molecule has 1 heterocycles. The number of hydrogen-bond donors (Lipinski definition) is 1. The molecule has 0 radical (unpaired) electrons. The molecule has 0 amide bonds. The smallest absolute Gasteiger partial charge is 0.212 e. The van der Waals surface area contributed by atoms with E-state index in [0.29, 0.717) is 24.0 Å². The van der Waals surface area contributed by atoms with Crippen LogP contribution in [-0.4, -0.2) is 25.4 Å². The fraction of sp³-hybridized carbons (Fsp3) is 0.812. The van der Waals surface area contributed by atoms with Crippen molar-refractivity contribution in [3.05, 3.63) is 17.0 Å². The summed E-state index contributed by atoms with van der Waals surface area (Å²) < 4.78 is 32.8. The standard InChI is InChI=1S/C16H26N2O3S/c1-10(6-16-11(2)17-21-12(16)3)18-22(19,20)9-15-8-13-4-5-14(15)7-13/h10,13-15,18H,4-9H2,1-3H3/t10-,13-,14-,15+/m0/s1. The predicted molar refractivity (Wildman–Crippen MR) is 85.0 cm³/mol. The molecule has 5 nitrogen and oxygen atoms in total. The van der Waals surface area contributed by atoms with Gasteiger partial charge in [0.05, 0.1) is 11.4 Å². The van der Waals surface area contributed by atoms with E-state index in [9.17, 15) is 8.42 Å². The summed E-state index contributed by atoms with van der Waals surface area (Å²) in [6.45, 7) is 5.67. The highest BCUT2D eigenvalue weighted by Crippen LogP contribution is 2.48. The molecule has 3 rings (SSSR count). The van der Waals surface area contributed by atoms with Gasteiger partial charge < -0.3 is 4.52 Å². The van der Waals surface area contributed by atoms with Crippen LogP contribution in [0.25, 0.3) is 0 Å². The third-order valence-corrected chi connectivity index (χ3v) is 7.02. The number of aromatic nitrogens is 1. The molecule has 2 aliphatic carbocycles. The van der Waals surface area contributed by atoms with Crippen molar-refractivity contribution in [3.63, 3.8) is 0 Å². The highest BCUT2D eigenvalue weighted by atomic mass is 32.2. The van der Waals surface area contributed by atoms with E-state index in [4.69, 9.17) is 4.52 Å². The number of aryl methyl sites for hydroxylation is 2. The van der Waals surface area contributed by atoms with Gasteiger partial charge in [-0.2, -0.15) is 0 Å². The van der Waals surface area contributed by atoms with Crippen LogP contribution in [-0.2, 0) is 16.4 Å². The van der Waals surface area contributed by atoms with Gasteiger partial charge in [0, 0.05) is 11.6 Å². The molecule has 1 aromatic rings. The number of hydrogen-bond acceptors (Lipinski definition) is 4. The summed E-state index contributed by atoms with van der Waals surface area (Å²) in [4.78, 5) is 0. The Morgan fingerprint density at radius 3 is 2.64 bits per heavy atom. The molecule has 2 fully saturated rings. The van der Waals surface area contributed by atoms with E-state index in [-0.39, 0.29) is 6.04 Å². The van der Waals surface area contributed by atoms with Gasteiger partial charge in [-0.25, -0.2) is 13.1 Å². The zero-order chi connectivity index (χ0) is 15.9. The van der Waals surface area contributed by atoms with Crippen molar-refractivity contribution in [2.75, 3.05) is 5.75 Å². The average Bonchev–Trinajstić information content (AvgIpc) is 3.09. The summed E-state index contributed by atoms with van der Waals surface area (Å²) in [5.74, 6) is 2.85. The van der Waals surface area contributed by atoms with Gasteiger partial charge in [0.2, 0.25) is 10.0 Å². The molecule has 0 unspecified atom stereocenters. The molecule has 1 N–H and O–H groups in total. The Bertz CT molecular complexity index is 618. The fourth-order valence-corrected chi connectivity index (χ4v) is 6.12. The molecule has 0 aromatic carbocycles. The van der Waals surface area contributed by atoms with Gasteiger partial charge in [-0.05, 0) is 64.2 Å². The van der Waals surface area contributed by atoms with Gasteiger partial charge in [-0.1, -0.05) is 11.6 Å². The van der Waals surface area contributed by atoms with E-state index in [1.54, 1.807) is 0 Å². The van der Waals surface area contributed by atoms with Crippen LogP contribution >= 0.6 is 0 Å². The van der Waals surface area contributed by atoms with E-state index in [1.807, 2.05) is 20.8 Å². The Hall–Kier alpha value is -0.880. The molecule has 2 aliphatic rings. The van der Waals surface area contributed by atoms with E-state index in [1.165, 1.54) is 19.3 Å². The lowest BCUT2D eigenvalue weighted by Gasteiger charge is -2.22. The molecule has 0 aliphatic heterocycles. The summed E-state index contributed by atoms with van der Waals surface area (Å²) in [5, 5.41) is 3.92. The molecule has 1 aromatic heterocycles. The van der Waals surface area contributed by atoms with Crippen LogP contribution in [0.3, 0.4) is 0 Å². The molecule has 2 saturated carbocycles. The number of fused-ring (bicyclic) bond motifs is 2. The Labute approximate surface area is 132 Å². The van der Waals surface area contributed by atoms with Crippen LogP contribution in [0.1, 0.15) is 49.6 Å². The van der Waals surface area contributed by atoms with Gasteiger partial charge in [0.1, 0.15) is 5.76 Å². The van der Waals surface area contributed by atoms with Crippen LogP contribution in [0.5, 0.6) is 0 Å². The Kier molecular flexibility index (Phi) is 4.34. The lowest BCUT2D eigenvalue weighted by atomic mass is 9.90. The molecule has 4 atom stereocenters. The van der Waals surface area contributed by atoms with Crippen molar-refractivity contribution < 1.29 is 12.9 Å². The summed E-state index contributed by atoms with van der Waals surface area (Å²) in [7, 11) is -3.22. The Balaban J connectivity index is 1.57. The second-order valence-electron chi connectivity index (χ2n) is 7.24. The van der Waals surface area contributed by atoms with Crippen molar-refractivity contribution in [2.45, 2.75) is 58.9 Å². The Morgan fingerprint density at radius 2 is 2.09 bits per heavy atom. The molecule has 2 bridgehead atoms. The minimum absolute atomic E-state index is 0.139. The average molecular weight is 326 g/mol.